The highest BCUT2D eigenvalue weighted by Crippen LogP contribution is 2.36. The van der Waals surface area contributed by atoms with Crippen molar-refractivity contribution in [3.63, 3.8) is 0 Å². The Morgan fingerprint density at radius 1 is 1.32 bits per heavy atom. The zero-order valence-electron chi connectivity index (χ0n) is 12.5. The van der Waals surface area contributed by atoms with Gasteiger partial charge in [0.25, 0.3) is 0 Å². The fourth-order valence-electron chi connectivity index (χ4n) is 4.56. The van der Waals surface area contributed by atoms with E-state index in [2.05, 4.69) is 23.6 Å². The summed E-state index contributed by atoms with van der Waals surface area (Å²) in [5, 5.41) is 0. The number of nitrogens with zero attached hydrogens (tertiary/aromatic N) is 2. The van der Waals surface area contributed by atoms with Crippen molar-refractivity contribution < 1.29 is 4.74 Å². The summed E-state index contributed by atoms with van der Waals surface area (Å²) in [6.45, 7) is 9.96. The number of ether oxygens (including phenoxy) is 1. The van der Waals surface area contributed by atoms with Crippen molar-refractivity contribution >= 4 is 0 Å². The fraction of sp³-hybridized carbons (Fsp3) is 1.00. The lowest BCUT2D eigenvalue weighted by molar-refractivity contribution is -0.0979. The Labute approximate surface area is 117 Å². The van der Waals surface area contributed by atoms with Gasteiger partial charge in [-0.25, -0.2) is 0 Å². The van der Waals surface area contributed by atoms with E-state index in [1.165, 1.54) is 32.5 Å². The SMILES string of the molecule is CC1CC(CN)(N2CC3CCCN3CC2C)CCO1. The van der Waals surface area contributed by atoms with Gasteiger partial charge in [0.05, 0.1) is 6.10 Å². The Kier molecular flexibility index (Phi) is 3.87. The van der Waals surface area contributed by atoms with Gasteiger partial charge in [-0.2, -0.15) is 0 Å². The molecule has 3 aliphatic heterocycles. The normalized spacial score (nSPS) is 45.3. The Bertz CT molecular complexity index is 325. The van der Waals surface area contributed by atoms with Crippen molar-refractivity contribution in [2.75, 3.05) is 32.8 Å². The molecule has 3 aliphatic rings. The maximum Gasteiger partial charge on any atom is 0.0565 e. The van der Waals surface area contributed by atoms with E-state index in [4.69, 9.17) is 10.5 Å². The molecule has 0 radical (unpaired) electrons. The van der Waals surface area contributed by atoms with Crippen LogP contribution in [0.25, 0.3) is 0 Å². The number of fused-ring (bicyclic) bond motifs is 1. The molecule has 0 aliphatic carbocycles. The largest absolute Gasteiger partial charge is 0.378 e. The molecule has 0 amide bonds. The molecule has 3 heterocycles. The summed E-state index contributed by atoms with van der Waals surface area (Å²) in [5.74, 6) is 0. The van der Waals surface area contributed by atoms with Crippen LogP contribution in [0.2, 0.25) is 0 Å². The van der Waals surface area contributed by atoms with Crippen LogP contribution in [0.5, 0.6) is 0 Å². The monoisotopic (exact) mass is 267 g/mol. The molecule has 2 N–H and O–H groups in total. The van der Waals surface area contributed by atoms with E-state index in [-0.39, 0.29) is 5.54 Å². The second-order valence-corrected chi connectivity index (χ2v) is 6.86. The Morgan fingerprint density at radius 3 is 2.89 bits per heavy atom. The number of nitrogens with two attached hydrogens (primary N) is 1. The van der Waals surface area contributed by atoms with Crippen LogP contribution in [0, 0.1) is 0 Å². The van der Waals surface area contributed by atoms with Gasteiger partial charge in [-0.3, -0.25) is 9.80 Å². The molecular weight excluding hydrogens is 238 g/mol. The molecule has 0 aromatic heterocycles. The lowest BCUT2D eigenvalue weighted by Gasteiger charge is -2.54. The standard InChI is InChI=1S/C15H29N3O/c1-12-9-17-6-3-4-14(17)10-18(12)15(11-16)5-7-19-13(2)8-15/h12-14H,3-11,16H2,1-2H3. The third-order valence-corrected chi connectivity index (χ3v) is 5.56. The Balaban J connectivity index is 1.78. The number of piperazine rings is 1. The van der Waals surface area contributed by atoms with Crippen molar-refractivity contribution in [3.05, 3.63) is 0 Å². The van der Waals surface area contributed by atoms with Gasteiger partial charge in [0.2, 0.25) is 0 Å². The first-order chi connectivity index (χ1) is 9.14. The zero-order valence-corrected chi connectivity index (χ0v) is 12.5. The molecule has 110 valence electrons. The highest BCUT2D eigenvalue weighted by molar-refractivity contribution is 5.02. The van der Waals surface area contributed by atoms with E-state index in [0.717, 1.165) is 32.0 Å². The minimum Gasteiger partial charge on any atom is -0.378 e. The fourth-order valence-corrected chi connectivity index (χ4v) is 4.56. The Morgan fingerprint density at radius 2 is 2.16 bits per heavy atom. The lowest BCUT2D eigenvalue weighted by Crippen LogP contribution is -2.67. The average Bonchev–Trinajstić information content (AvgIpc) is 2.84. The van der Waals surface area contributed by atoms with E-state index in [1.54, 1.807) is 0 Å². The Hall–Kier alpha value is -0.160. The van der Waals surface area contributed by atoms with Crippen LogP contribution in [0.1, 0.15) is 39.5 Å². The summed E-state index contributed by atoms with van der Waals surface area (Å²) in [4.78, 5) is 5.42. The van der Waals surface area contributed by atoms with E-state index in [1.807, 2.05) is 0 Å². The molecule has 0 aromatic rings. The predicted molar refractivity (Wildman–Crippen MR) is 77.2 cm³/mol. The van der Waals surface area contributed by atoms with Crippen LogP contribution < -0.4 is 5.73 Å². The highest BCUT2D eigenvalue weighted by atomic mass is 16.5. The quantitative estimate of drug-likeness (QED) is 0.812. The molecule has 0 saturated carbocycles. The molecule has 4 atom stereocenters. The molecule has 4 unspecified atom stereocenters. The van der Waals surface area contributed by atoms with Crippen LogP contribution >= 0.6 is 0 Å². The van der Waals surface area contributed by atoms with E-state index >= 15 is 0 Å². The molecular formula is C15H29N3O. The van der Waals surface area contributed by atoms with Crippen molar-refractivity contribution in [2.45, 2.75) is 63.3 Å². The molecule has 0 spiro atoms. The first-order valence-electron chi connectivity index (χ1n) is 7.97. The van der Waals surface area contributed by atoms with Gasteiger partial charge >= 0.3 is 0 Å². The van der Waals surface area contributed by atoms with Gasteiger partial charge in [-0.15, -0.1) is 0 Å². The van der Waals surface area contributed by atoms with Crippen molar-refractivity contribution in [2.24, 2.45) is 5.73 Å². The van der Waals surface area contributed by atoms with Crippen molar-refractivity contribution in [1.29, 1.82) is 0 Å². The molecule has 19 heavy (non-hydrogen) atoms. The van der Waals surface area contributed by atoms with Gasteiger partial charge in [0, 0.05) is 43.9 Å². The summed E-state index contributed by atoms with van der Waals surface area (Å²) in [5.41, 5.74) is 6.41. The minimum atomic E-state index is 0.186. The smallest absolute Gasteiger partial charge is 0.0565 e. The van der Waals surface area contributed by atoms with Crippen molar-refractivity contribution in [1.82, 2.24) is 9.80 Å². The van der Waals surface area contributed by atoms with Gasteiger partial charge in [-0.1, -0.05) is 0 Å². The second-order valence-electron chi connectivity index (χ2n) is 6.86. The number of rotatable bonds is 2. The molecule has 4 nitrogen and oxygen atoms in total. The number of hydrogen-bond acceptors (Lipinski definition) is 4. The lowest BCUT2D eigenvalue weighted by atomic mass is 9.83. The van der Waals surface area contributed by atoms with Gasteiger partial charge in [0.1, 0.15) is 0 Å². The molecule has 0 bridgehead atoms. The van der Waals surface area contributed by atoms with Crippen LogP contribution in [-0.4, -0.2) is 66.3 Å². The van der Waals surface area contributed by atoms with Gasteiger partial charge < -0.3 is 10.5 Å². The van der Waals surface area contributed by atoms with Crippen LogP contribution in [0.4, 0.5) is 0 Å². The molecule has 3 fully saturated rings. The van der Waals surface area contributed by atoms with Crippen LogP contribution in [0.15, 0.2) is 0 Å². The molecule has 3 rings (SSSR count). The third-order valence-electron chi connectivity index (χ3n) is 5.56. The maximum atomic E-state index is 6.22. The minimum absolute atomic E-state index is 0.186. The van der Waals surface area contributed by atoms with Gasteiger partial charge in [-0.05, 0) is 46.1 Å². The van der Waals surface area contributed by atoms with E-state index in [0.29, 0.717) is 12.1 Å². The average molecular weight is 267 g/mol. The molecule has 4 heteroatoms. The predicted octanol–water partition coefficient (Wildman–Crippen LogP) is 1.05. The van der Waals surface area contributed by atoms with Gasteiger partial charge in [0.15, 0.2) is 0 Å². The highest BCUT2D eigenvalue weighted by Gasteiger charge is 2.46. The first-order valence-corrected chi connectivity index (χ1v) is 7.97. The van der Waals surface area contributed by atoms with E-state index < -0.39 is 0 Å². The number of hydrogen-bond donors (Lipinski definition) is 1. The summed E-state index contributed by atoms with van der Waals surface area (Å²) in [7, 11) is 0. The second kappa shape index (κ2) is 5.32. The van der Waals surface area contributed by atoms with Crippen LogP contribution in [-0.2, 0) is 4.74 Å². The summed E-state index contributed by atoms with van der Waals surface area (Å²) >= 11 is 0. The third kappa shape index (κ3) is 2.44. The maximum absolute atomic E-state index is 6.22. The first kappa shape index (κ1) is 13.8. The summed E-state index contributed by atoms with van der Waals surface area (Å²) in [6, 6.07) is 1.40. The summed E-state index contributed by atoms with van der Waals surface area (Å²) < 4.78 is 5.75. The zero-order chi connectivity index (χ0) is 13.5. The van der Waals surface area contributed by atoms with Crippen LogP contribution in [0.3, 0.4) is 0 Å². The van der Waals surface area contributed by atoms with E-state index in [9.17, 15) is 0 Å². The molecule has 0 aromatic carbocycles. The molecule has 3 saturated heterocycles. The van der Waals surface area contributed by atoms with Crippen molar-refractivity contribution in [3.8, 4) is 0 Å². The topological polar surface area (TPSA) is 41.7 Å². The summed E-state index contributed by atoms with van der Waals surface area (Å²) in [6.07, 6.45) is 5.30.